The van der Waals surface area contributed by atoms with Crippen molar-refractivity contribution in [3.63, 3.8) is 0 Å². The number of halogens is 1. The fourth-order valence-electron chi connectivity index (χ4n) is 3.83. The summed E-state index contributed by atoms with van der Waals surface area (Å²) in [5.41, 5.74) is 4.94. The van der Waals surface area contributed by atoms with Crippen LogP contribution in [0.2, 0.25) is 0 Å². The number of nitrogens with one attached hydrogen (secondary N) is 1. The van der Waals surface area contributed by atoms with Crippen molar-refractivity contribution in [2.75, 3.05) is 6.61 Å². The van der Waals surface area contributed by atoms with Gasteiger partial charge in [0.25, 0.3) is 0 Å². The van der Waals surface area contributed by atoms with Crippen LogP contribution < -0.4 is 14.9 Å². The molecule has 1 N–H and O–H groups in total. The lowest BCUT2D eigenvalue weighted by molar-refractivity contribution is 0.0929. The van der Waals surface area contributed by atoms with Crippen molar-refractivity contribution in [1.82, 2.24) is 5.43 Å². The largest absolute Gasteiger partial charge is 0.490 e. The maximum Gasteiger partial charge on any atom is 0.307 e. The number of amides is 1. The first kappa shape index (κ1) is 23.6. The highest BCUT2D eigenvalue weighted by atomic mass is 79.9. The van der Waals surface area contributed by atoms with Crippen LogP contribution in [0.3, 0.4) is 0 Å². The van der Waals surface area contributed by atoms with Crippen LogP contribution in [0, 0.1) is 0 Å². The molecule has 0 atom stereocenters. The maximum atomic E-state index is 12.4. The Kier molecular flexibility index (Phi) is 7.00. The van der Waals surface area contributed by atoms with E-state index in [2.05, 4.69) is 56.8 Å². The number of carbonyl (C=O) groups is 1. The van der Waals surface area contributed by atoms with Crippen LogP contribution in [0.1, 0.15) is 28.6 Å². The molecule has 0 radical (unpaired) electrons. The van der Waals surface area contributed by atoms with Crippen LogP contribution in [0.5, 0.6) is 11.5 Å². The summed E-state index contributed by atoms with van der Waals surface area (Å²) in [6.45, 7) is 2.79. The number of hydrogen-bond donors (Lipinski definition) is 1. The lowest BCUT2D eigenvalue weighted by atomic mass is 10.1. The molecule has 1 aromatic heterocycles. The van der Waals surface area contributed by atoms with Crippen molar-refractivity contribution < 1.29 is 18.7 Å². The Morgan fingerprint density at radius 2 is 1.67 bits per heavy atom. The van der Waals surface area contributed by atoms with Gasteiger partial charge in [-0.25, -0.2) is 5.43 Å². The first-order valence-corrected chi connectivity index (χ1v) is 12.3. The number of nitrogens with zero attached hydrogens (tertiary/aromatic N) is 1. The van der Waals surface area contributed by atoms with Crippen molar-refractivity contribution in [1.29, 1.82) is 0 Å². The average Bonchev–Trinajstić information content (AvgIpc) is 3.34. The second-order valence-corrected chi connectivity index (χ2v) is 8.93. The minimum Gasteiger partial charge on any atom is -0.490 e. The zero-order valence-corrected chi connectivity index (χ0v) is 21.1. The molecule has 7 heteroatoms. The van der Waals surface area contributed by atoms with Gasteiger partial charge in [0.05, 0.1) is 12.8 Å². The van der Waals surface area contributed by atoms with Crippen LogP contribution in [0.25, 0.3) is 21.7 Å². The summed E-state index contributed by atoms with van der Waals surface area (Å²) in [7, 11) is 0. The Bertz CT molecular complexity index is 1540. The molecule has 0 bridgehead atoms. The van der Waals surface area contributed by atoms with Gasteiger partial charge in [0, 0.05) is 15.4 Å². The van der Waals surface area contributed by atoms with E-state index in [4.69, 9.17) is 13.9 Å². The highest BCUT2D eigenvalue weighted by Crippen LogP contribution is 2.34. The molecule has 4 aromatic carbocycles. The molecule has 0 saturated carbocycles. The van der Waals surface area contributed by atoms with Crippen LogP contribution in [0.4, 0.5) is 0 Å². The average molecular weight is 543 g/mol. The van der Waals surface area contributed by atoms with E-state index >= 15 is 0 Å². The van der Waals surface area contributed by atoms with E-state index in [1.807, 2.05) is 55.5 Å². The number of para-hydroxylation sites is 1. The molecule has 0 aliphatic heterocycles. The summed E-state index contributed by atoms with van der Waals surface area (Å²) in [5, 5.41) is 7.31. The smallest absolute Gasteiger partial charge is 0.307 e. The number of fused-ring (bicyclic) bond motifs is 2. The minimum atomic E-state index is -0.432. The monoisotopic (exact) mass is 542 g/mol. The minimum absolute atomic E-state index is 0.194. The number of hydrazone groups is 1. The Hall–Kier alpha value is -4.10. The third kappa shape index (κ3) is 5.26. The van der Waals surface area contributed by atoms with Gasteiger partial charge in [0.1, 0.15) is 12.2 Å². The number of carbonyl (C=O) groups excluding carboxylic acids is 1. The van der Waals surface area contributed by atoms with Crippen molar-refractivity contribution in [3.05, 3.63) is 106 Å². The predicted octanol–water partition coefficient (Wildman–Crippen LogP) is 7.09. The SMILES string of the molecule is CCOc1cc(/C=N/NC(=O)c2cc3ccccc3o2)c(Br)cc1OCc1ccc2ccccc2c1. The summed E-state index contributed by atoms with van der Waals surface area (Å²) >= 11 is 3.57. The lowest BCUT2D eigenvalue weighted by Crippen LogP contribution is -2.16. The molecule has 36 heavy (non-hydrogen) atoms. The molecule has 180 valence electrons. The van der Waals surface area contributed by atoms with Crippen molar-refractivity contribution in [2.45, 2.75) is 13.5 Å². The van der Waals surface area contributed by atoms with Crippen LogP contribution in [-0.2, 0) is 6.61 Å². The van der Waals surface area contributed by atoms with E-state index in [0.717, 1.165) is 21.0 Å². The van der Waals surface area contributed by atoms with Gasteiger partial charge in [-0.05, 0) is 69.5 Å². The molecule has 0 spiro atoms. The summed E-state index contributed by atoms with van der Waals surface area (Å²) in [5.74, 6) is 0.964. The Balaban J connectivity index is 1.29. The Labute approximate surface area is 216 Å². The number of ether oxygens (including phenoxy) is 2. The summed E-state index contributed by atoms with van der Waals surface area (Å²) < 4.78 is 18.2. The van der Waals surface area contributed by atoms with Crippen LogP contribution >= 0.6 is 15.9 Å². The molecule has 0 fully saturated rings. The maximum absolute atomic E-state index is 12.4. The van der Waals surface area contributed by atoms with Gasteiger partial charge >= 0.3 is 5.91 Å². The first-order valence-electron chi connectivity index (χ1n) is 11.5. The molecule has 0 unspecified atom stereocenters. The molecule has 1 amide bonds. The molecule has 0 aliphatic carbocycles. The highest BCUT2D eigenvalue weighted by molar-refractivity contribution is 9.10. The zero-order chi connectivity index (χ0) is 24.9. The van der Waals surface area contributed by atoms with E-state index < -0.39 is 5.91 Å². The predicted molar refractivity (Wildman–Crippen MR) is 145 cm³/mol. The Morgan fingerprint density at radius 1 is 0.917 bits per heavy atom. The van der Waals surface area contributed by atoms with Gasteiger partial charge in [0.2, 0.25) is 0 Å². The van der Waals surface area contributed by atoms with E-state index in [1.165, 1.54) is 10.8 Å². The standard InChI is InChI=1S/C29H23BrN2O4/c1-2-34-26-15-23(17-31-32-29(33)28-14-22-9-5-6-10-25(22)36-28)24(30)16-27(26)35-18-19-11-12-20-7-3-4-8-21(20)13-19/h3-17H,2,18H2,1H3,(H,32,33)/b31-17+. The van der Waals surface area contributed by atoms with Gasteiger partial charge in [-0.3, -0.25) is 4.79 Å². The van der Waals surface area contributed by atoms with Gasteiger partial charge in [-0.1, -0.05) is 54.6 Å². The molecule has 5 rings (SSSR count). The molecular weight excluding hydrogens is 520 g/mol. The van der Waals surface area contributed by atoms with Crippen molar-refractivity contribution in [3.8, 4) is 11.5 Å². The third-order valence-electron chi connectivity index (χ3n) is 5.59. The van der Waals surface area contributed by atoms with Crippen LogP contribution in [0.15, 0.2) is 98.9 Å². The topological polar surface area (TPSA) is 73.1 Å². The second-order valence-electron chi connectivity index (χ2n) is 8.07. The van der Waals surface area contributed by atoms with Gasteiger partial charge in [-0.2, -0.15) is 5.10 Å². The third-order valence-corrected chi connectivity index (χ3v) is 6.28. The van der Waals surface area contributed by atoms with Crippen molar-refractivity contribution in [2.24, 2.45) is 5.10 Å². The van der Waals surface area contributed by atoms with Crippen molar-refractivity contribution >= 4 is 49.8 Å². The van der Waals surface area contributed by atoms with Gasteiger partial charge in [0.15, 0.2) is 17.3 Å². The highest BCUT2D eigenvalue weighted by Gasteiger charge is 2.13. The van der Waals surface area contributed by atoms with Crippen LogP contribution in [-0.4, -0.2) is 18.7 Å². The number of rotatable bonds is 8. The molecule has 6 nitrogen and oxygen atoms in total. The van der Waals surface area contributed by atoms with E-state index in [9.17, 15) is 4.79 Å². The summed E-state index contributed by atoms with van der Waals surface area (Å²) in [6, 6.07) is 27.3. The molecule has 5 aromatic rings. The molecular formula is C29H23BrN2O4. The number of hydrogen-bond acceptors (Lipinski definition) is 5. The Morgan fingerprint density at radius 3 is 2.47 bits per heavy atom. The van der Waals surface area contributed by atoms with Gasteiger partial charge in [-0.15, -0.1) is 0 Å². The molecule has 0 saturated heterocycles. The fraction of sp³-hybridized carbons (Fsp3) is 0.103. The molecule has 0 aliphatic rings. The lowest BCUT2D eigenvalue weighted by Gasteiger charge is -2.14. The number of furan rings is 1. The molecule has 1 heterocycles. The zero-order valence-electron chi connectivity index (χ0n) is 19.5. The number of benzene rings is 4. The van der Waals surface area contributed by atoms with E-state index in [0.29, 0.717) is 30.3 Å². The fourth-order valence-corrected chi connectivity index (χ4v) is 4.25. The van der Waals surface area contributed by atoms with E-state index in [1.54, 1.807) is 12.3 Å². The summed E-state index contributed by atoms with van der Waals surface area (Å²) in [6.07, 6.45) is 1.54. The van der Waals surface area contributed by atoms with Gasteiger partial charge < -0.3 is 13.9 Å². The first-order chi connectivity index (χ1) is 17.6. The van der Waals surface area contributed by atoms with E-state index in [-0.39, 0.29) is 5.76 Å². The summed E-state index contributed by atoms with van der Waals surface area (Å²) in [4.78, 5) is 12.4. The normalized spacial score (nSPS) is 11.3. The second kappa shape index (κ2) is 10.7. The quantitative estimate of drug-likeness (QED) is 0.168.